The van der Waals surface area contributed by atoms with Gasteiger partial charge in [0.15, 0.2) is 11.6 Å². The van der Waals surface area contributed by atoms with Gasteiger partial charge in [0.05, 0.1) is 10.8 Å². The third-order valence-electron chi connectivity index (χ3n) is 3.74. The van der Waals surface area contributed by atoms with Crippen molar-refractivity contribution in [2.75, 3.05) is 16.9 Å². The number of rotatable bonds is 6. The van der Waals surface area contributed by atoms with Gasteiger partial charge in [0, 0.05) is 21.8 Å². The molecule has 144 valence electrons. The van der Waals surface area contributed by atoms with E-state index >= 15 is 0 Å². The summed E-state index contributed by atoms with van der Waals surface area (Å²) >= 11 is 13.2. The number of hydrogen-bond donors (Lipinski definition) is 2. The van der Waals surface area contributed by atoms with Gasteiger partial charge in [-0.1, -0.05) is 35.0 Å². The van der Waals surface area contributed by atoms with Crippen LogP contribution >= 0.6 is 35.0 Å². The average molecular weight is 436 g/mol. The Bertz CT molecular complexity index is 1040. The highest BCUT2D eigenvalue weighted by molar-refractivity contribution is 7.99. The average Bonchev–Trinajstić information content (AvgIpc) is 3.01. The standard InChI is InChI=1S/C18H15Cl2N5O2S/c1-10(26)11-2-5-13(6-3-11)22-16(27)9-28-18-24-23-17(25(18)21)14-7-4-12(19)8-15(14)20/h2-8H,9,21H2,1H3,(H,22,27). The summed E-state index contributed by atoms with van der Waals surface area (Å²) in [6, 6.07) is 11.6. The lowest BCUT2D eigenvalue weighted by atomic mass is 10.1. The second-order valence-corrected chi connectivity index (χ2v) is 7.56. The summed E-state index contributed by atoms with van der Waals surface area (Å²) < 4.78 is 1.27. The third-order valence-corrected chi connectivity index (χ3v) is 5.23. The molecule has 0 radical (unpaired) electrons. The van der Waals surface area contributed by atoms with E-state index < -0.39 is 0 Å². The minimum atomic E-state index is -0.241. The lowest BCUT2D eigenvalue weighted by Gasteiger charge is -2.07. The Morgan fingerprint density at radius 3 is 2.50 bits per heavy atom. The van der Waals surface area contributed by atoms with E-state index in [9.17, 15) is 9.59 Å². The molecule has 0 aliphatic rings. The maximum Gasteiger partial charge on any atom is 0.234 e. The van der Waals surface area contributed by atoms with Crippen LogP contribution < -0.4 is 11.2 Å². The van der Waals surface area contributed by atoms with Gasteiger partial charge in [-0.05, 0) is 49.4 Å². The van der Waals surface area contributed by atoms with Gasteiger partial charge in [-0.25, -0.2) is 4.68 Å². The number of aromatic nitrogens is 3. The first-order valence-electron chi connectivity index (χ1n) is 8.04. The van der Waals surface area contributed by atoms with Gasteiger partial charge in [-0.3, -0.25) is 9.59 Å². The molecule has 0 aliphatic heterocycles. The molecular formula is C18H15Cl2N5O2S. The minimum Gasteiger partial charge on any atom is -0.335 e. The van der Waals surface area contributed by atoms with Crippen molar-refractivity contribution in [2.45, 2.75) is 12.1 Å². The maximum absolute atomic E-state index is 12.2. The molecule has 1 heterocycles. The topological polar surface area (TPSA) is 103 Å². The predicted molar refractivity (Wildman–Crippen MR) is 111 cm³/mol. The molecule has 10 heteroatoms. The van der Waals surface area contributed by atoms with Gasteiger partial charge in [0.2, 0.25) is 11.1 Å². The van der Waals surface area contributed by atoms with E-state index in [2.05, 4.69) is 15.5 Å². The molecule has 0 saturated heterocycles. The Balaban J connectivity index is 1.64. The zero-order valence-electron chi connectivity index (χ0n) is 14.6. The predicted octanol–water partition coefficient (Wildman–Crippen LogP) is 3.90. The molecule has 0 fully saturated rings. The van der Waals surface area contributed by atoms with E-state index in [-0.39, 0.29) is 17.4 Å². The molecule has 3 N–H and O–H groups in total. The van der Waals surface area contributed by atoms with Crippen LogP contribution in [0.4, 0.5) is 5.69 Å². The number of nitrogen functional groups attached to an aromatic ring is 1. The number of halogens is 2. The zero-order chi connectivity index (χ0) is 20.3. The number of nitrogens with one attached hydrogen (secondary N) is 1. The lowest BCUT2D eigenvalue weighted by Crippen LogP contribution is -2.16. The van der Waals surface area contributed by atoms with Crippen molar-refractivity contribution < 1.29 is 9.59 Å². The van der Waals surface area contributed by atoms with Crippen LogP contribution in [-0.2, 0) is 4.79 Å². The quantitative estimate of drug-likeness (QED) is 0.345. The zero-order valence-corrected chi connectivity index (χ0v) is 17.0. The van der Waals surface area contributed by atoms with E-state index in [4.69, 9.17) is 29.0 Å². The summed E-state index contributed by atoms with van der Waals surface area (Å²) in [5, 5.41) is 12.1. The summed E-state index contributed by atoms with van der Waals surface area (Å²) in [4.78, 5) is 23.4. The number of anilines is 1. The number of carbonyl (C=O) groups excluding carboxylic acids is 2. The number of carbonyl (C=O) groups is 2. The van der Waals surface area contributed by atoms with E-state index in [1.165, 1.54) is 11.6 Å². The van der Waals surface area contributed by atoms with Gasteiger partial charge in [-0.15, -0.1) is 10.2 Å². The van der Waals surface area contributed by atoms with Crippen LogP contribution in [0.5, 0.6) is 0 Å². The van der Waals surface area contributed by atoms with E-state index in [1.807, 2.05) is 0 Å². The molecule has 1 aromatic heterocycles. The summed E-state index contributed by atoms with van der Waals surface area (Å²) in [5.74, 6) is 6.21. The fourth-order valence-corrected chi connectivity index (χ4v) is 3.49. The molecule has 0 spiro atoms. The Labute approximate surface area is 175 Å². The Kier molecular flexibility index (Phi) is 6.23. The second-order valence-electron chi connectivity index (χ2n) is 5.77. The van der Waals surface area contributed by atoms with Crippen LogP contribution in [0.2, 0.25) is 10.0 Å². The summed E-state index contributed by atoms with van der Waals surface area (Å²) in [7, 11) is 0. The van der Waals surface area contributed by atoms with Crippen LogP contribution in [0.25, 0.3) is 11.4 Å². The van der Waals surface area contributed by atoms with Crippen molar-refractivity contribution in [1.82, 2.24) is 14.9 Å². The number of thioether (sulfide) groups is 1. The monoisotopic (exact) mass is 435 g/mol. The molecule has 3 aromatic rings. The second kappa shape index (κ2) is 8.64. The van der Waals surface area contributed by atoms with E-state index in [1.54, 1.807) is 42.5 Å². The Morgan fingerprint density at radius 1 is 1.14 bits per heavy atom. The summed E-state index contributed by atoms with van der Waals surface area (Å²) in [5.41, 5.74) is 1.76. The first-order chi connectivity index (χ1) is 13.3. The van der Waals surface area contributed by atoms with Crippen molar-refractivity contribution in [3.63, 3.8) is 0 Å². The highest BCUT2D eigenvalue weighted by Crippen LogP contribution is 2.30. The highest BCUT2D eigenvalue weighted by Gasteiger charge is 2.16. The normalized spacial score (nSPS) is 10.7. The van der Waals surface area contributed by atoms with Crippen LogP contribution in [-0.4, -0.2) is 32.3 Å². The number of amides is 1. The molecule has 7 nitrogen and oxygen atoms in total. The van der Waals surface area contributed by atoms with E-state index in [0.717, 1.165) is 11.8 Å². The molecule has 3 rings (SSSR count). The van der Waals surface area contributed by atoms with Crippen LogP contribution in [0.3, 0.4) is 0 Å². The summed E-state index contributed by atoms with van der Waals surface area (Å²) in [6.45, 7) is 1.48. The van der Waals surface area contributed by atoms with Crippen molar-refractivity contribution in [2.24, 2.45) is 0 Å². The van der Waals surface area contributed by atoms with Crippen molar-refractivity contribution >= 4 is 52.3 Å². The highest BCUT2D eigenvalue weighted by atomic mass is 35.5. The summed E-state index contributed by atoms with van der Waals surface area (Å²) in [6.07, 6.45) is 0. The van der Waals surface area contributed by atoms with Crippen molar-refractivity contribution in [3.05, 3.63) is 58.1 Å². The molecule has 28 heavy (non-hydrogen) atoms. The van der Waals surface area contributed by atoms with Gasteiger partial charge in [0.25, 0.3) is 0 Å². The molecule has 0 aliphatic carbocycles. The molecule has 0 bridgehead atoms. The lowest BCUT2D eigenvalue weighted by molar-refractivity contribution is -0.113. The number of benzene rings is 2. The maximum atomic E-state index is 12.2. The number of nitrogens with zero attached hydrogens (tertiary/aromatic N) is 3. The van der Waals surface area contributed by atoms with Crippen LogP contribution in [0.1, 0.15) is 17.3 Å². The number of Topliss-reactive ketones (excluding diaryl/α,β-unsaturated/α-hetero) is 1. The number of nitrogens with two attached hydrogens (primary N) is 1. The van der Waals surface area contributed by atoms with Crippen LogP contribution in [0.15, 0.2) is 47.6 Å². The van der Waals surface area contributed by atoms with Gasteiger partial charge < -0.3 is 11.2 Å². The Hall–Kier alpha value is -2.55. The van der Waals surface area contributed by atoms with Gasteiger partial charge in [0.1, 0.15) is 0 Å². The molecule has 0 saturated carbocycles. The van der Waals surface area contributed by atoms with Crippen molar-refractivity contribution in [3.8, 4) is 11.4 Å². The number of hydrogen-bond acceptors (Lipinski definition) is 6. The van der Waals surface area contributed by atoms with Crippen molar-refractivity contribution in [1.29, 1.82) is 0 Å². The largest absolute Gasteiger partial charge is 0.335 e. The fourth-order valence-electron chi connectivity index (χ4n) is 2.35. The molecule has 0 atom stereocenters. The molecular weight excluding hydrogens is 421 g/mol. The first-order valence-corrected chi connectivity index (χ1v) is 9.79. The third kappa shape index (κ3) is 4.64. The minimum absolute atomic E-state index is 0.0349. The van der Waals surface area contributed by atoms with Gasteiger partial charge in [-0.2, -0.15) is 0 Å². The van der Waals surface area contributed by atoms with Gasteiger partial charge >= 0.3 is 0 Å². The molecule has 1 amide bonds. The molecule has 0 unspecified atom stereocenters. The van der Waals surface area contributed by atoms with E-state index in [0.29, 0.717) is 37.8 Å². The SMILES string of the molecule is CC(=O)c1ccc(NC(=O)CSc2nnc(-c3ccc(Cl)cc3Cl)n2N)cc1. The Morgan fingerprint density at radius 2 is 1.86 bits per heavy atom. The molecule has 2 aromatic carbocycles. The smallest absolute Gasteiger partial charge is 0.234 e. The number of ketones is 1. The first kappa shape index (κ1) is 20.2. The fraction of sp³-hybridized carbons (Fsp3) is 0.111. The van der Waals surface area contributed by atoms with Crippen LogP contribution in [0, 0.1) is 0 Å².